The van der Waals surface area contributed by atoms with Crippen LogP contribution in [0.1, 0.15) is 10.4 Å². The molecule has 0 unspecified atom stereocenters. The number of carbonyl (C=O) groups is 1. The van der Waals surface area contributed by atoms with Crippen molar-refractivity contribution in [1.29, 1.82) is 0 Å². The average Bonchev–Trinajstić information content (AvgIpc) is 2.41. The fraction of sp³-hybridized carbons (Fsp3) is 0.0769. The lowest BCUT2D eigenvalue weighted by molar-refractivity contribution is 0.0993. The lowest BCUT2D eigenvalue weighted by Gasteiger charge is -2.18. The van der Waals surface area contributed by atoms with Gasteiger partial charge in [-0.3, -0.25) is 9.78 Å². The van der Waals surface area contributed by atoms with E-state index in [1.165, 1.54) is 4.90 Å². The first kappa shape index (κ1) is 12.4. The lowest BCUT2D eigenvalue weighted by Crippen LogP contribution is -2.26. The molecule has 1 aromatic heterocycles. The summed E-state index contributed by atoms with van der Waals surface area (Å²) in [6.07, 6.45) is 3.25. The maximum Gasteiger partial charge on any atom is 0.259 e. The van der Waals surface area contributed by atoms with Crippen LogP contribution >= 0.6 is 11.6 Å². The molecule has 0 aliphatic carbocycles. The van der Waals surface area contributed by atoms with Gasteiger partial charge in [-0.2, -0.15) is 0 Å². The number of nitrogens with zero attached hydrogens (tertiary/aromatic N) is 2. The Morgan fingerprint density at radius 1 is 1.28 bits per heavy atom. The molecule has 0 saturated heterocycles. The second-order valence-corrected chi connectivity index (χ2v) is 4.16. The van der Waals surface area contributed by atoms with Crippen LogP contribution < -0.4 is 10.6 Å². The summed E-state index contributed by atoms with van der Waals surface area (Å²) in [6.45, 7) is 0. The van der Waals surface area contributed by atoms with Crippen molar-refractivity contribution in [3.63, 3.8) is 0 Å². The van der Waals surface area contributed by atoms with Gasteiger partial charge in [0.1, 0.15) is 0 Å². The van der Waals surface area contributed by atoms with Crippen LogP contribution in [-0.2, 0) is 0 Å². The highest BCUT2D eigenvalue weighted by molar-refractivity contribution is 6.36. The molecule has 1 amide bonds. The number of benzene rings is 1. The van der Waals surface area contributed by atoms with Crippen molar-refractivity contribution in [2.45, 2.75) is 0 Å². The summed E-state index contributed by atoms with van der Waals surface area (Å²) in [7, 11) is 1.68. The third-order valence-electron chi connectivity index (χ3n) is 2.61. The molecule has 1 heterocycles. The Hall–Kier alpha value is -2.07. The summed E-state index contributed by atoms with van der Waals surface area (Å²) >= 11 is 6.03. The summed E-state index contributed by atoms with van der Waals surface area (Å²) in [5.41, 5.74) is 7.21. The summed E-state index contributed by atoms with van der Waals surface area (Å²) in [5, 5.41) is 0.281. The summed E-state index contributed by atoms with van der Waals surface area (Å²) in [4.78, 5) is 17.7. The van der Waals surface area contributed by atoms with Gasteiger partial charge < -0.3 is 10.6 Å². The third kappa shape index (κ3) is 2.28. The fourth-order valence-electron chi connectivity index (χ4n) is 1.58. The number of hydrogen-bond acceptors (Lipinski definition) is 3. The summed E-state index contributed by atoms with van der Waals surface area (Å²) in [5.74, 6) is -0.210. The van der Waals surface area contributed by atoms with Crippen molar-refractivity contribution in [2.24, 2.45) is 0 Å². The van der Waals surface area contributed by atoms with E-state index in [2.05, 4.69) is 4.98 Å². The maximum absolute atomic E-state index is 12.3. The number of nitrogen functional groups attached to an aromatic ring is 1. The molecule has 4 nitrogen and oxygen atoms in total. The van der Waals surface area contributed by atoms with Crippen LogP contribution in [0.3, 0.4) is 0 Å². The van der Waals surface area contributed by atoms with E-state index in [0.717, 1.165) is 5.69 Å². The molecule has 5 heteroatoms. The Bertz CT molecular complexity index is 572. The maximum atomic E-state index is 12.3. The Morgan fingerprint density at radius 3 is 2.61 bits per heavy atom. The van der Waals surface area contributed by atoms with Gasteiger partial charge in [0.15, 0.2) is 0 Å². The molecule has 2 N–H and O–H groups in total. The number of aromatic nitrogens is 1. The Kier molecular flexibility index (Phi) is 3.48. The topological polar surface area (TPSA) is 59.2 Å². The predicted molar refractivity (Wildman–Crippen MR) is 72.8 cm³/mol. The summed E-state index contributed by atoms with van der Waals surface area (Å²) < 4.78 is 0. The first-order chi connectivity index (χ1) is 8.61. The van der Waals surface area contributed by atoms with E-state index in [1.807, 2.05) is 0 Å². The number of carbonyl (C=O) groups excluding carboxylic acids is 1. The van der Waals surface area contributed by atoms with E-state index in [9.17, 15) is 4.79 Å². The van der Waals surface area contributed by atoms with E-state index in [-0.39, 0.29) is 10.9 Å². The molecular weight excluding hydrogens is 250 g/mol. The van der Waals surface area contributed by atoms with Crippen LogP contribution in [0.25, 0.3) is 0 Å². The largest absolute Gasteiger partial charge is 0.398 e. The van der Waals surface area contributed by atoms with Crippen LogP contribution in [0.4, 0.5) is 11.4 Å². The van der Waals surface area contributed by atoms with Crippen molar-refractivity contribution in [3.8, 4) is 0 Å². The highest BCUT2D eigenvalue weighted by Gasteiger charge is 2.17. The number of nitrogens with two attached hydrogens (primary N) is 1. The number of anilines is 2. The van der Waals surface area contributed by atoms with Gasteiger partial charge in [-0.25, -0.2) is 0 Å². The van der Waals surface area contributed by atoms with Gasteiger partial charge in [0.2, 0.25) is 0 Å². The molecule has 0 atom stereocenters. The van der Waals surface area contributed by atoms with Crippen LogP contribution in [0.2, 0.25) is 5.02 Å². The second kappa shape index (κ2) is 5.06. The molecule has 1 aromatic carbocycles. The van der Waals surface area contributed by atoms with Gasteiger partial charge in [-0.05, 0) is 24.3 Å². The van der Waals surface area contributed by atoms with Crippen molar-refractivity contribution >= 4 is 28.9 Å². The zero-order chi connectivity index (χ0) is 13.1. The SMILES string of the molecule is CN(C(=O)c1cccc(N)c1Cl)c1ccncc1. The van der Waals surface area contributed by atoms with Gasteiger partial charge >= 0.3 is 0 Å². The number of halogens is 1. The number of hydrogen-bond donors (Lipinski definition) is 1. The van der Waals surface area contributed by atoms with Gasteiger partial charge in [-0.1, -0.05) is 17.7 Å². The summed E-state index contributed by atoms with van der Waals surface area (Å²) in [6, 6.07) is 8.51. The molecule has 0 aliphatic rings. The van der Waals surface area contributed by atoms with Crippen molar-refractivity contribution in [3.05, 3.63) is 53.3 Å². The normalized spacial score (nSPS) is 10.1. The van der Waals surface area contributed by atoms with Crippen LogP contribution in [0.15, 0.2) is 42.7 Å². The van der Waals surface area contributed by atoms with Crippen molar-refractivity contribution in [1.82, 2.24) is 4.98 Å². The molecule has 0 aliphatic heterocycles. The zero-order valence-corrected chi connectivity index (χ0v) is 10.6. The highest BCUT2D eigenvalue weighted by Crippen LogP contribution is 2.25. The van der Waals surface area contributed by atoms with E-state index in [1.54, 1.807) is 49.8 Å². The fourth-order valence-corrected chi connectivity index (χ4v) is 1.79. The van der Waals surface area contributed by atoms with Crippen molar-refractivity contribution in [2.75, 3.05) is 17.7 Å². The van der Waals surface area contributed by atoms with Gasteiger partial charge in [0.05, 0.1) is 16.3 Å². The Balaban J connectivity index is 2.35. The monoisotopic (exact) mass is 261 g/mol. The first-order valence-corrected chi connectivity index (χ1v) is 5.71. The minimum absolute atomic E-state index is 0.210. The molecule has 0 spiro atoms. The molecule has 0 fully saturated rings. The average molecular weight is 262 g/mol. The first-order valence-electron chi connectivity index (χ1n) is 5.33. The molecule has 18 heavy (non-hydrogen) atoms. The smallest absolute Gasteiger partial charge is 0.259 e. The van der Waals surface area contributed by atoms with Gasteiger partial charge in [-0.15, -0.1) is 0 Å². The van der Waals surface area contributed by atoms with Gasteiger partial charge in [0, 0.05) is 25.1 Å². The van der Waals surface area contributed by atoms with E-state index < -0.39 is 0 Å². The minimum Gasteiger partial charge on any atom is -0.398 e. The predicted octanol–water partition coefficient (Wildman–Crippen LogP) is 2.59. The molecule has 2 aromatic rings. The van der Waals surface area contributed by atoms with Crippen LogP contribution in [0, 0.1) is 0 Å². The molecule has 0 bridgehead atoms. The van der Waals surface area contributed by atoms with Gasteiger partial charge in [0.25, 0.3) is 5.91 Å². The molecule has 2 rings (SSSR count). The minimum atomic E-state index is -0.210. The molecule has 0 saturated carbocycles. The van der Waals surface area contributed by atoms with Crippen LogP contribution in [0.5, 0.6) is 0 Å². The third-order valence-corrected chi connectivity index (χ3v) is 3.04. The zero-order valence-electron chi connectivity index (χ0n) is 9.80. The van der Waals surface area contributed by atoms with Crippen molar-refractivity contribution < 1.29 is 4.79 Å². The van der Waals surface area contributed by atoms with E-state index >= 15 is 0 Å². The number of amides is 1. The lowest BCUT2D eigenvalue weighted by atomic mass is 10.1. The standard InChI is InChI=1S/C13H12ClN3O/c1-17(9-5-7-16-8-6-9)13(18)10-3-2-4-11(15)12(10)14/h2-8H,15H2,1H3. The van der Waals surface area contributed by atoms with E-state index in [0.29, 0.717) is 11.3 Å². The Morgan fingerprint density at radius 2 is 1.94 bits per heavy atom. The Labute approximate surface area is 110 Å². The highest BCUT2D eigenvalue weighted by atomic mass is 35.5. The second-order valence-electron chi connectivity index (χ2n) is 3.78. The van der Waals surface area contributed by atoms with E-state index in [4.69, 9.17) is 17.3 Å². The number of pyridine rings is 1. The number of rotatable bonds is 2. The molecule has 0 radical (unpaired) electrons. The van der Waals surface area contributed by atoms with Crippen LogP contribution in [-0.4, -0.2) is 17.9 Å². The quantitative estimate of drug-likeness (QED) is 0.846. The molecule has 92 valence electrons. The molecular formula is C13H12ClN3O.